The molecule has 3 aromatic rings. The molecule has 0 bridgehead atoms. The molecule has 0 aliphatic carbocycles. The number of hydrogen-bond acceptors (Lipinski definition) is 5. The highest BCUT2D eigenvalue weighted by atomic mass is 35.5. The number of carbonyl (C=O) groups excluding carboxylic acids is 1. The van der Waals surface area contributed by atoms with Gasteiger partial charge in [0.1, 0.15) is 35.4 Å². The molecule has 158 valence electrons. The van der Waals surface area contributed by atoms with Crippen LogP contribution < -0.4 is 18.9 Å². The number of rotatable bonds is 6. The first-order valence-electron chi connectivity index (χ1n) is 9.35. The van der Waals surface area contributed by atoms with Crippen LogP contribution in [0.15, 0.2) is 60.4 Å². The highest BCUT2D eigenvalue weighted by molar-refractivity contribution is 6.31. The molecular weight excluding hydrogens is 423 g/mol. The van der Waals surface area contributed by atoms with Crippen molar-refractivity contribution in [2.75, 3.05) is 14.2 Å². The minimum Gasteiger partial charge on any atom is -0.497 e. The van der Waals surface area contributed by atoms with Crippen LogP contribution in [0.4, 0.5) is 4.39 Å². The molecule has 0 amide bonds. The molecule has 0 saturated carbocycles. The van der Waals surface area contributed by atoms with Crippen molar-refractivity contribution in [2.45, 2.75) is 6.61 Å². The molecule has 0 N–H and O–H groups in total. The van der Waals surface area contributed by atoms with Gasteiger partial charge in [-0.15, -0.1) is 0 Å². The summed E-state index contributed by atoms with van der Waals surface area (Å²) >= 11 is 6.04. The molecule has 0 aromatic heterocycles. The number of ether oxygens (including phenoxy) is 4. The van der Waals surface area contributed by atoms with Crippen molar-refractivity contribution in [3.8, 4) is 23.0 Å². The second-order valence-corrected chi connectivity index (χ2v) is 7.14. The zero-order valence-electron chi connectivity index (χ0n) is 16.8. The molecule has 5 nitrogen and oxygen atoms in total. The largest absolute Gasteiger partial charge is 0.497 e. The quantitative estimate of drug-likeness (QED) is 0.461. The van der Waals surface area contributed by atoms with Crippen LogP contribution >= 0.6 is 11.6 Å². The highest BCUT2D eigenvalue weighted by Crippen LogP contribution is 2.36. The highest BCUT2D eigenvalue weighted by Gasteiger charge is 2.28. The third-order valence-corrected chi connectivity index (χ3v) is 5.13. The summed E-state index contributed by atoms with van der Waals surface area (Å²) < 4.78 is 35.3. The molecule has 0 fully saturated rings. The van der Waals surface area contributed by atoms with Crippen LogP contribution in [-0.2, 0) is 6.61 Å². The van der Waals surface area contributed by atoms with Gasteiger partial charge in [0.2, 0.25) is 5.78 Å². The first kappa shape index (κ1) is 20.8. The summed E-state index contributed by atoms with van der Waals surface area (Å²) in [6, 6.07) is 14.3. The first-order chi connectivity index (χ1) is 15.0. The van der Waals surface area contributed by atoms with Crippen molar-refractivity contribution in [3.63, 3.8) is 0 Å². The Kier molecular flexibility index (Phi) is 5.82. The minimum atomic E-state index is -0.412. The smallest absolute Gasteiger partial charge is 0.231 e. The summed E-state index contributed by atoms with van der Waals surface area (Å²) in [5.74, 6) is 1.61. The van der Waals surface area contributed by atoms with Crippen molar-refractivity contribution in [1.82, 2.24) is 0 Å². The Hall–Kier alpha value is -3.51. The van der Waals surface area contributed by atoms with Gasteiger partial charge in [-0.2, -0.15) is 0 Å². The van der Waals surface area contributed by atoms with Crippen molar-refractivity contribution in [2.24, 2.45) is 0 Å². The number of allylic oxidation sites excluding steroid dienone is 1. The van der Waals surface area contributed by atoms with Gasteiger partial charge in [-0.3, -0.25) is 4.79 Å². The Morgan fingerprint density at radius 1 is 1.00 bits per heavy atom. The fourth-order valence-electron chi connectivity index (χ4n) is 3.15. The summed E-state index contributed by atoms with van der Waals surface area (Å²) in [4.78, 5) is 12.8. The number of Topliss-reactive ketones (excluding diaryl/α,β-unsaturated/α-hetero) is 1. The van der Waals surface area contributed by atoms with Crippen molar-refractivity contribution in [1.29, 1.82) is 0 Å². The molecule has 0 saturated heterocycles. The molecule has 0 atom stereocenters. The third kappa shape index (κ3) is 4.34. The summed E-state index contributed by atoms with van der Waals surface area (Å²) in [6.45, 7) is 0.148. The Labute approximate surface area is 183 Å². The standard InChI is InChI=1S/C24H18ClFO5/c1-28-17-6-8-21(29-2)15(9-17)10-23-24(27)19-7-5-18(12-22(19)31-23)30-13-14-3-4-16(26)11-20(14)25/h3-12H,13H2,1-2H3. The third-order valence-electron chi connectivity index (χ3n) is 4.77. The number of carbonyl (C=O) groups is 1. The monoisotopic (exact) mass is 440 g/mol. The van der Waals surface area contributed by atoms with Crippen LogP contribution in [0.5, 0.6) is 23.0 Å². The molecule has 31 heavy (non-hydrogen) atoms. The average molecular weight is 441 g/mol. The van der Waals surface area contributed by atoms with Gasteiger partial charge in [0, 0.05) is 17.2 Å². The van der Waals surface area contributed by atoms with E-state index in [0.717, 1.165) is 0 Å². The van der Waals surface area contributed by atoms with E-state index in [9.17, 15) is 9.18 Å². The van der Waals surface area contributed by atoms with E-state index in [-0.39, 0.29) is 23.2 Å². The Balaban J connectivity index is 1.55. The Morgan fingerprint density at radius 2 is 1.81 bits per heavy atom. The zero-order chi connectivity index (χ0) is 22.0. The van der Waals surface area contributed by atoms with Crippen LogP contribution in [0.1, 0.15) is 21.5 Å². The molecule has 0 unspecified atom stereocenters. The second kappa shape index (κ2) is 8.70. The van der Waals surface area contributed by atoms with E-state index in [4.69, 9.17) is 30.5 Å². The maximum absolute atomic E-state index is 13.2. The zero-order valence-corrected chi connectivity index (χ0v) is 17.5. The number of benzene rings is 3. The van der Waals surface area contributed by atoms with Gasteiger partial charge in [-0.1, -0.05) is 17.7 Å². The average Bonchev–Trinajstić information content (AvgIpc) is 3.07. The van der Waals surface area contributed by atoms with Crippen LogP contribution in [0.25, 0.3) is 6.08 Å². The predicted octanol–water partition coefficient (Wildman–Crippen LogP) is 5.69. The second-order valence-electron chi connectivity index (χ2n) is 6.73. The molecular formula is C24H18ClFO5. The van der Waals surface area contributed by atoms with Gasteiger partial charge in [0.15, 0.2) is 5.76 Å². The van der Waals surface area contributed by atoms with Gasteiger partial charge in [-0.25, -0.2) is 4.39 Å². The molecule has 3 aromatic carbocycles. The summed E-state index contributed by atoms with van der Waals surface area (Å²) in [5, 5.41) is 0.282. The van der Waals surface area contributed by atoms with Crippen molar-refractivity contribution in [3.05, 3.63) is 87.9 Å². The predicted molar refractivity (Wildman–Crippen MR) is 115 cm³/mol. The summed E-state index contributed by atoms with van der Waals surface area (Å²) in [7, 11) is 3.11. The van der Waals surface area contributed by atoms with E-state index in [1.54, 1.807) is 62.8 Å². The van der Waals surface area contributed by atoms with E-state index in [0.29, 0.717) is 39.7 Å². The van der Waals surface area contributed by atoms with Crippen molar-refractivity contribution >= 4 is 23.5 Å². The van der Waals surface area contributed by atoms with Crippen LogP contribution in [0.2, 0.25) is 5.02 Å². The van der Waals surface area contributed by atoms with Gasteiger partial charge < -0.3 is 18.9 Å². The molecule has 1 aliphatic rings. The van der Waals surface area contributed by atoms with E-state index in [1.807, 2.05) is 0 Å². The number of halogens is 2. The molecule has 0 spiro atoms. The topological polar surface area (TPSA) is 54.0 Å². The normalized spacial score (nSPS) is 13.7. The number of hydrogen-bond donors (Lipinski definition) is 0. The molecule has 0 radical (unpaired) electrons. The van der Waals surface area contributed by atoms with Gasteiger partial charge in [0.05, 0.1) is 24.8 Å². The lowest BCUT2D eigenvalue weighted by Crippen LogP contribution is -1.99. The van der Waals surface area contributed by atoms with Crippen LogP contribution in [0, 0.1) is 5.82 Å². The Morgan fingerprint density at radius 3 is 2.55 bits per heavy atom. The molecule has 1 aliphatic heterocycles. The lowest BCUT2D eigenvalue weighted by Gasteiger charge is -2.09. The summed E-state index contributed by atoms with van der Waals surface area (Å²) in [5.41, 5.74) is 1.73. The van der Waals surface area contributed by atoms with E-state index in [1.165, 1.54) is 12.1 Å². The number of ketones is 1. The fraction of sp³-hybridized carbons (Fsp3) is 0.125. The van der Waals surface area contributed by atoms with Crippen LogP contribution in [-0.4, -0.2) is 20.0 Å². The lowest BCUT2D eigenvalue weighted by atomic mass is 10.1. The number of fused-ring (bicyclic) bond motifs is 1. The maximum atomic E-state index is 13.2. The Bertz CT molecular complexity index is 1190. The molecule has 7 heteroatoms. The maximum Gasteiger partial charge on any atom is 0.231 e. The number of methoxy groups -OCH3 is 2. The molecule has 4 rings (SSSR count). The minimum absolute atomic E-state index is 0.148. The van der Waals surface area contributed by atoms with Gasteiger partial charge in [0.25, 0.3) is 0 Å². The summed E-state index contributed by atoms with van der Waals surface area (Å²) in [6.07, 6.45) is 1.61. The van der Waals surface area contributed by atoms with Crippen molar-refractivity contribution < 1.29 is 28.1 Å². The lowest BCUT2D eigenvalue weighted by molar-refractivity contribution is 0.101. The van der Waals surface area contributed by atoms with Crippen LogP contribution in [0.3, 0.4) is 0 Å². The van der Waals surface area contributed by atoms with E-state index >= 15 is 0 Å². The fourth-order valence-corrected chi connectivity index (χ4v) is 3.37. The first-order valence-corrected chi connectivity index (χ1v) is 9.73. The van der Waals surface area contributed by atoms with Gasteiger partial charge in [-0.05, 0) is 48.5 Å². The van der Waals surface area contributed by atoms with Gasteiger partial charge >= 0.3 is 0 Å². The SMILES string of the molecule is COc1ccc(OC)c(C=C2Oc3cc(OCc4ccc(F)cc4Cl)ccc3C2=O)c1. The molecule has 1 heterocycles. The van der Waals surface area contributed by atoms with E-state index in [2.05, 4.69) is 0 Å². The van der Waals surface area contributed by atoms with E-state index < -0.39 is 5.82 Å².